The lowest BCUT2D eigenvalue weighted by molar-refractivity contribution is -0.122. The molecule has 3 heterocycles. The number of rotatable bonds is 8. The second-order valence-corrected chi connectivity index (χ2v) is 13.7. The van der Waals surface area contributed by atoms with Gasteiger partial charge in [0.25, 0.3) is 15.9 Å². The van der Waals surface area contributed by atoms with Crippen LogP contribution in [0.4, 0.5) is 0 Å². The molecule has 13 heteroatoms. The third kappa shape index (κ3) is 5.42. The van der Waals surface area contributed by atoms with Crippen LogP contribution in [0.2, 0.25) is 4.34 Å². The molecule has 0 radical (unpaired) electrons. The van der Waals surface area contributed by atoms with E-state index in [4.69, 9.17) is 21.1 Å². The van der Waals surface area contributed by atoms with Crippen LogP contribution in [0.15, 0.2) is 33.5 Å². The summed E-state index contributed by atoms with van der Waals surface area (Å²) in [6, 6.07) is 5.94. The number of methoxy groups -OCH3 is 2. The van der Waals surface area contributed by atoms with Gasteiger partial charge in [-0.05, 0) is 31.2 Å². The monoisotopic (exact) mass is 575 g/mol. The molecule has 35 heavy (non-hydrogen) atoms. The number of carbonyl (C=O) groups excluding carboxylic acids is 1. The Morgan fingerprint density at radius 1 is 1.20 bits per heavy atom. The fourth-order valence-electron chi connectivity index (χ4n) is 4.04. The highest BCUT2D eigenvalue weighted by molar-refractivity contribution is 7.98. The highest BCUT2D eigenvalue weighted by atomic mass is 35.5. The minimum absolute atomic E-state index is 0.137. The van der Waals surface area contributed by atoms with Crippen LogP contribution in [0.1, 0.15) is 19.3 Å². The number of benzene rings is 1. The van der Waals surface area contributed by atoms with E-state index in [0.717, 1.165) is 33.7 Å². The van der Waals surface area contributed by atoms with Crippen molar-refractivity contribution in [1.82, 2.24) is 8.87 Å². The molecule has 1 unspecified atom stereocenters. The summed E-state index contributed by atoms with van der Waals surface area (Å²) >= 11 is 10.0. The zero-order chi connectivity index (χ0) is 25.2. The van der Waals surface area contributed by atoms with Gasteiger partial charge in [0.05, 0.1) is 28.8 Å². The van der Waals surface area contributed by atoms with Crippen LogP contribution in [-0.4, -0.2) is 62.0 Å². The number of sulfonamides is 1. The Morgan fingerprint density at radius 3 is 2.60 bits per heavy atom. The topological polar surface area (TPSA) is 90.2 Å². The Hall–Kier alpha value is -1.57. The van der Waals surface area contributed by atoms with Crippen molar-refractivity contribution in [2.24, 2.45) is 4.99 Å². The van der Waals surface area contributed by atoms with Crippen LogP contribution in [0.3, 0.4) is 0 Å². The first-order valence-electron chi connectivity index (χ1n) is 10.9. The van der Waals surface area contributed by atoms with E-state index in [0.29, 0.717) is 40.0 Å². The van der Waals surface area contributed by atoms with E-state index in [1.165, 1.54) is 21.7 Å². The molecular formula is C22H26ClN3O5S4. The van der Waals surface area contributed by atoms with Gasteiger partial charge < -0.3 is 14.0 Å². The number of carbonyl (C=O) groups is 1. The molecule has 0 spiro atoms. The molecule has 3 aromatic rings. The van der Waals surface area contributed by atoms with Gasteiger partial charge in [-0.25, -0.2) is 8.42 Å². The van der Waals surface area contributed by atoms with Crippen molar-refractivity contribution in [3.8, 4) is 11.5 Å². The molecule has 1 aliphatic rings. The number of hydrogen-bond acceptors (Lipinski definition) is 8. The molecule has 0 saturated carbocycles. The summed E-state index contributed by atoms with van der Waals surface area (Å²) < 4.78 is 42.2. The maximum atomic E-state index is 13.5. The van der Waals surface area contributed by atoms with Gasteiger partial charge in [0.2, 0.25) is 0 Å². The van der Waals surface area contributed by atoms with Crippen LogP contribution in [0, 0.1) is 0 Å². The maximum Gasteiger partial charge on any atom is 0.266 e. The number of thiophene rings is 1. The summed E-state index contributed by atoms with van der Waals surface area (Å²) in [6.45, 7) is 0.917. The Kier molecular flexibility index (Phi) is 8.49. The lowest BCUT2D eigenvalue weighted by atomic mass is 10.0. The predicted octanol–water partition coefficient (Wildman–Crippen LogP) is 4.47. The number of ether oxygens (including phenoxy) is 2. The number of piperidine rings is 1. The molecule has 190 valence electrons. The van der Waals surface area contributed by atoms with Gasteiger partial charge in [-0.15, -0.1) is 11.3 Å². The van der Waals surface area contributed by atoms with Gasteiger partial charge in [0.1, 0.15) is 10.3 Å². The van der Waals surface area contributed by atoms with Gasteiger partial charge in [0, 0.05) is 31.0 Å². The zero-order valence-electron chi connectivity index (χ0n) is 19.5. The average Bonchev–Trinajstić information content (AvgIpc) is 3.44. The molecule has 1 amide bonds. The summed E-state index contributed by atoms with van der Waals surface area (Å²) in [5.74, 6) is 1.55. The number of fused-ring (bicyclic) bond motifs is 1. The third-order valence-electron chi connectivity index (χ3n) is 5.76. The van der Waals surface area contributed by atoms with Gasteiger partial charge in [-0.3, -0.25) is 4.79 Å². The summed E-state index contributed by atoms with van der Waals surface area (Å²) in [5, 5.41) is 0. The summed E-state index contributed by atoms with van der Waals surface area (Å²) in [5.41, 5.74) is 0.884. The first-order chi connectivity index (χ1) is 16.8. The first kappa shape index (κ1) is 26.5. The van der Waals surface area contributed by atoms with Crippen molar-refractivity contribution >= 4 is 72.2 Å². The second kappa shape index (κ2) is 11.2. The normalized spacial score (nSPS) is 17.7. The van der Waals surface area contributed by atoms with Gasteiger partial charge in [-0.2, -0.15) is 21.1 Å². The number of thiazole rings is 1. The van der Waals surface area contributed by atoms with E-state index in [-0.39, 0.29) is 10.8 Å². The van der Waals surface area contributed by atoms with Crippen LogP contribution >= 0.6 is 46.0 Å². The summed E-state index contributed by atoms with van der Waals surface area (Å²) in [4.78, 5) is 18.4. The molecule has 8 nitrogen and oxygen atoms in total. The molecule has 1 aromatic carbocycles. The van der Waals surface area contributed by atoms with Crippen molar-refractivity contribution in [2.45, 2.75) is 36.1 Å². The largest absolute Gasteiger partial charge is 0.493 e. The second-order valence-electron chi connectivity index (χ2n) is 7.84. The lowest BCUT2D eigenvalue weighted by Crippen LogP contribution is -2.47. The quantitative estimate of drug-likeness (QED) is 0.394. The fourth-order valence-corrected chi connectivity index (χ4v) is 8.74. The van der Waals surface area contributed by atoms with Gasteiger partial charge in [-0.1, -0.05) is 29.4 Å². The smallest absolute Gasteiger partial charge is 0.266 e. The van der Waals surface area contributed by atoms with E-state index in [1.54, 1.807) is 32.0 Å². The summed E-state index contributed by atoms with van der Waals surface area (Å²) in [6.07, 6.45) is 3.90. The molecule has 0 aliphatic carbocycles. The van der Waals surface area contributed by atoms with Crippen molar-refractivity contribution in [2.75, 3.05) is 32.8 Å². The average molecular weight is 576 g/mol. The Balaban J connectivity index is 1.77. The van der Waals surface area contributed by atoms with E-state index in [1.807, 2.05) is 23.0 Å². The number of thioether (sulfide) groups is 1. The van der Waals surface area contributed by atoms with E-state index in [2.05, 4.69) is 4.99 Å². The fraction of sp³-hybridized carbons (Fsp3) is 0.455. The van der Waals surface area contributed by atoms with E-state index < -0.39 is 22.0 Å². The lowest BCUT2D eigenvalue weighted by Gasteiger charge is -2.31. The molecule has 1 atom stereocenters. The van der Waals surface area contributed by atoms with E-state index >= 15 is 0 Å². The minimum atomic E-state index is -3.85. The molecule has 0 N–H and O–H groups in total. The molecule has 4 rings (SSSR count). The Bertz CT molecular complexity index is 1400. The van der Waals surface area contributed by atoms with Crippen LogP contribution in [0.5, 0.6) is 11.5 Å². The van der Waals surface area contributed by atoms with Crippen molar-refractivity contribution in [3.63, 3.8) is 0 Å². The SMILES string of the molecule is COc1cc2sc(=NC(=O)C3CCCCN3S(=O)(=O)c3ccc(Cl)s3)n(CCSC)c2cc1OC. The molecule has 2 aromatic heterocycles. The number of aromatic nitrogens is 1. The van der Waals surface area contributed by atoms with E-state index in [9.17, 15) is 13.2 Å². The predicted molar refractivity (Wildman–Crippen MR) is 143 cm³/mol. The van der Waals surface area contributed by atoms with Crippen LogP contribution in [-0.2, 0) is 21.4 Å². The van der Waals surface area contributed by atoms with Crippen LogP contribution in [0.25, 0.3) is 10.2 Å². The number of amides is 1. The Labute approximate surface area is 221 Å². The minimum Gasteiger partial charge on any atom is -0.493 e. The van der Waals surface area contributed by atoms with Crippen molar-refractivity contribution in [3.05, 3.63) is 33.4 Å². The third-order valence-corrected chi connectivity index (χ3v) is 11.0. The summed E-state index contributed by atoms with van der Waals surface area (Å²) in [7, 11) is -0.692. The van der Waals surface area contributed by atoms with Gasteiger partial charge in [0.15, 0.2) is 16.3 Å². The highest BCUT2D eigenvalue weighted by Gasteiger charge is 2.38. The van der Waals surface area contributed by atoms with Crippen molar-refractivity contribution in [1.29, 1.82) is 0 Å². The zero-order valence-corrected chi connectivity index (χ0v) is 23.5. The Morgan fingerprint density at radius 2 is 1.94 bits per heavy atom. The molecule has 1 aliphatic heterocycles. The number of aryl methyl sites for hydroxylation is 1. The van der Waals surface area contributed by atoms with Crippen molar-refractivity contribution < 1.29 is 22.7 Å². The maximum absolute atomic E-state index is 13.5. The number of nitrogens with zero attached hydrogens (tertiary/aromatic N) is 3. The molecule has 0 bridgehead atoms. The molecular weight excluding hydrogens is 550 g/mol. The first-order valence-corrected chi connectivity index (χ1v) is 15.7. The van der Waals surface area contributed by atoms with Gasteiger partial charge >= 0.3 is 0 Å². The molecule has 1 fully saturated rings. The van der Waals surface area contributed by atoms with Crippen LogP contribution < -0.4 is 14.3 Å². The highest BCUT2D eigenvalue weighted by Crippen LogP contribution is 2.34. The molecule has 1 saturated heterocycles. The number of halogens is 1. The number of hydrogen-bond donors (Lipinski definition) is 0. The standard InChI is InChI=1S/C22H26ClN3O5S4/c1-30-16-12-15-18(13-17(16)31-2)33-22(25(15)10-11-32-3)24-21(27)14-6-4-5-9-26(14)35(28,29)20-8-7-19(23)34-20/h7-8,12-14H,4-6,9-11H2,1-3H3.